The van der Waals surface area contributed by atoms with E-state index in [1.807, 2.05) is 0 Å². The van der Waals surface area contributed by atoms with E-state index >= 15 is 0 Å². The van der Waals surface area contributed by atoms with E-state index < -0.39 is 6.43 Å². The van der Waals surface area contributed by atoms with Crippen LogP contribution in [0.25, 0.3) is 0 Å². The van der Waals surface area contributed by atoms with Crippen LogP contribution in [0.3, 0.4) is 0 Å². The first-order chi connectivity index (χ1) is 5.11. The van der Waals surface area contributed by atoms with Crippen LogP contribution in [0.2, 0.25) is 0 Å². The van der Waals surface area contributed by atoms with Crippen molar-refractivity contribution >= 4 is 15.9 Å². The van der Waals surface area contributed by atoms with Crippen molar-refractivity contribution in [3.63, 3.8) is 0 Å². The number of nitrogens with zero attached hydrogens (tertiary/aromatic N) is 1. The van der Waals surface area contributed by atoms with Crippen LogP contribution in [0, 0.1) is 6.92 Å². The summed E-state index contributed by atoms with van der Waals surface area (Å²) in [5.41, 5.74) is 0.363. The van der Waals surface area contributed by atoms with E-state index in [1.54, 1.807) is 19.1 Å². The Bertz CT molecular complexity index is 263. The fraction of sp³-hybridized carbons (Fsp3) is 0.286. The average Bonchev–Trinajstić information content (AvgIpc) is 1.94. The minimum atomic E-state index is -2.49. The van der Waals surface area contributed by atoms with E-state index in [2.05, 4.69) is 20.9 Å². The van der Waals surface area contributed by atoms with Crippen molar-refractivity contribution in [3.05, 3.63) is 28.0 Å². The number of rotatable bonds is 1. The molecular weight excluding hydrogens is 216 g/mol. The molecule has 0 unspecified atom stereocenters. The lowest BCUT2D eigenvalue weighted by Crippen LogP contribution is -1.93. The molecule has 1 rings (SSSR count). The fourth-order valence-electron chi connectivity index (χ4n) is 0.741. The van der Waals surface area contributed by atoms with Gasteiger partial charge in [0.05, 0.1) is 0 Å². The van der Waals surface area contributed by atoms with Gasteiger partial charge >= 0.3 is 0 Å². The number of aryl methyl sites for hydroxylation is 1. The molecule has 1 nitrogen and oxygen atoms in total. The van der Waals surface area contributed by atoms with Crippen LogP contribution in [-0.2, 0) is 0 Å². The zero-order valence-corrected chi connectivity index (χ0v) is 7.40. The second kappa shape index (κ2) is 3.26. The molecule has 0 saturated heterocycles. The largest absolute Gasteiger partial charge is 0.280 e. The maximum Gasteiger partial charge on any atom is 0.280 e. The minimum Gasteiger partial charge on any atom is -0.240 e. The summed E-state index contributed by atoms with van der Waals surface area (Å²) in [7, 11) is 0. The number of halogens is 3. The number of aromatic nitrogens is 1. The molecule has 0 atom stereocenters. The summed E-state index contributed by atoms with van der Waals surface area (Å²) >= 11 is 3.02. The van der Waals surface area contributed by atoms with Gasteiger partial charge < -0.3 is 0 Å². The van der Waals surface area contributed by atoms with E-state index in [4.69, 9.17) is 0 Å². The summed E-state index contributed by atoms with van der Waals surface area (Å²) in [6.07, 6.45) is -2.49. The normalized spacial score (nSPS) is 10.6. The van der Waals surface area contributed by atoms with E-state index in [0.29, 0.717) is 10.2 Å². The highest BCUT2D eigenvalue weighted by atomic mass is 79.9. The second-order valence-corrected chi connectivity index (χ2v) is 2.95. The topological polar surface area (TPSA) is 12.9 Å². The molecule has 0 saturated carbocycles. The van der Waals surface area contributed by atoms with Crippen molar-refractivity contribution in [1.82, 2.24) is 4.98 Å². The first-order valence-electron chi connectivity index (χ1n) is 3.02. The van der Waals surface area contributed by atoms with Gasteiger partial charge in [-0.2, -0.15) is 0 Å². The Morgan fingerprint density at radius 1 is 1.45 bits per heavy atom. The van der Waals surface area contributed by atoms with Crippen LogP contribution >= 0.6 is 15.9 Å². The molecule has 4 heteroatoms. The molecule has 60 valence electrons. The van der Waals surface area contributed by atoms with E-state index in [1.165, 1.54) is 0 Å². The van der Waals surface area contributed by atoms with E-state index in [-0.39, 0.29) is 5.69 Å². The second-order valence-electron chi connectivity index (χ2n) is 2.14. The molecule has 0 amide bonds. The monoisotopic (exact) mass is 221 g/mol. The van der Waals surface area contributed by atoms with Crippen LogP contribution in [-0.4, -0.2) is 4.98 Å². The van der Waals surface area contributed by atoms with Crippen LogP contribution in [0.15, 0.2) is 16.7 Å². The third kappa shape index (κ3) is 1.96. The number of hydrogen-bond acceptors (Lipinski definition) is 1. The summed E-state index contributed by atoms with van der Waals surface area (Å²) in [5.74, 6) is 0. The molecule has 0 radical (unpaired) electrons. The van der Waals surface area contributed by atoms with Gasteiger partial charge in [0.2, 0.25) is 0 Å². The molecule has 11 heavy (non-hydrogen) atoms. The van der Waals surface area contributed by atoms with Gasteiger partial charge in [-0.25, -0.2) is 13.8 Å². The summed E-state index contributed by atoms with van der Waals surface area (Å²) in [5, 5.41) is 0. The molecular formula is C7H6BrF2N. The first kappa shape index (κ1) is 8.59. The Hall–Kier alpha value is -0.510. The number of alkyl halides is 2. The third-order valence-corrected chi connectivity index (χ3v) is 1.75. The van der Waals surface area contributed by atoms with Crippen LogP contribution in [0.5, 0.6) is 0 Å². The smallest absolute Gasteiger partial charge is 0.240 e. The zero-order chi connectivity index (χ0) is 8.43. The SMILES string of the molecule is Cc1ccc(Br)nc1C(F)F. The van der Waals surface area contributed by atoms with Gasteiger partial charge in [-0.15, -0.1) is 0 Å². The molecule has 0 aliphatic heterocycles. The average molecular weight is 222 g/mol. The van der Waals surface area contributed by atoms with Crippen molar-refractivity contribution in [2.24, 2.45) is 0 Å². The van der Waals surface area contributed by atoms with E-state index in [0.717, 1.165) is 0 Å². The number of pyridine rings is 1. The maximum atomic E-state index is 12.1. The first-order valence-corrected chi connectivity index (χ1v) is 3.81. The van der Waals surface area contributed by atoms with E-state index in [9.17, 15) is 8.78 Å². The number of hydrogen-bond donors (Lipinski definition) is 0. The molecule has 1 heterocycles. The molecule has 1 aromatic heterocycles. The molecule has 0 aromatic carbocycles. The lowest BCUT2D eigenvalue weighted by molar-refractivity contribution is 0.145. The minimum absolute atomic E-state index is 0.153. The molecule has 1 aromatic rings. The predicted octanol–water partition coefficient (Wildman–Crippen LogP) is 3.09. The van der Waals surface area contributed by atoms with Crippen LogP contribution < -0.4 is 0 Å². The Balaban J connectivity index is 3.13. The molecule has 0 spiro atoms. The molecule has 0 N–H and O–H groups in total. The van der Waals surface area contributed by atoms with Crippen molar-refractivity contribution in [2.75, 3.05) is 0 Å². The maximum absolute atomic E-state index is 12.1. The lowest BCUT2D eigenvalue weighted by atomic mass is 10.2. The molecule has 0 fully saturated rings. The van der Waals surface area contributed by atoms with Crippen molar-refractivity contribution in [2.45, 2.75) is 13.3 Å². The Labute approximate surface area is 71.6 Å². The van der Waals surface area contributed by atoms with Gasteiger partial charge in [0.25, 0.3) is 6.43 Å². The Kier molecular flexibility index (Phi) is 2.54. The van der Waals surface area contributed by atoms with Crippen molar-refractivity contribution < 1.29 is 8.78 Å². The van der Waals surface area contributed by atoms with Crippen LogP contribution in [0.1, 0.15) is 17.7 Å². The lowest BCUT2D eigenvalue weighted by Gasteiger charge is -2.02. The summed E-state index contributed by atoms with van der Waals surface area (Å²) in [6.45, 7) is 1.61. The molecule has 0 aliphatic carbocycles. The van der Waals surface area contributed by atoms with Crippen LogP contribution in [0.4, 0.5) is 8.78 Å². The molecule has 0 bridgehead atoms. The summed E-state index contributed by atoms with van der Waals surface area (Å²) in [4.78, 5) is 3.64. The highest BCUT2D eigenvalue weighted by Gasteiger charge is 2.11. The van der Waals surface area contributed by atoms with Gasteiger partial charge in [-0.1, -0.05) is 6.07 Å². The Morgan fingerprint density at radius 2 is 2.09 bits per heavy atom. The molecule has 0 aliphatic rings. The highest BCUT2D eigenvalue weighted by Crippen LogP contribution is 2.21. The van der Waals surface area contributed by atoms with Gasteiger partial charge in [0.15, 0.2) is 0 Å². The van der Waals surface area contributed by atoms with Gasteiger partial charge in [-0.05, 0) is 34.5 Å². The van der Waals surface area contributed by atoms with Gasteiger partial charge in [-0.3, -0.25) is 0 Å². The summed E-state index contributed by atoms with van der Waals surface area (Å²) in [6, 6.07) is 3.25. The fourth-order valence-corrected chi connectivity index (χ4v) is 1.06. The zero-order valence-electron chi connectivity index (χ0n) is 5.81. The van der Waals surface area contributed by atoms with Gasteiger partial charge in [0, 0.05) is 0 Å². The third-order valence-electron chi connectivity index (χ3n) is 1.31. The van der Waals surface area contributed by atoms with Gasteiger partial charge in [0.1, 0.15) is 10.3 Å². The Morgan fingerprint density at radius 3 is 2.55 bits per heavy atom. The highest BCUT2D eigenvalue weighted by molar-refractivity contribution is 9.10. The summed E-state index contributed by atoms with van der Waals surface area (Å²) < 4.78 is 24.7. The predicted molar refractivity (Wildman–Crippen MR) is 41.6 cm³/mol. The standard InChI is InChI=1S/C7H6BrF2N/c1-4-2-3-5(8)11-6(4)7(9)10/h2-3,7H,1H3. The van der Waals surface area contributed by atoms with Crippen molar-refractivity contribution in [1.29, 1.82) is 0 Å². The van der Waals surface area contributed by atoms with Crippen molar-refractivity contribution in [3.8, 4) is 0 Å². The quantitative estimate of drug-likeness (QED) is 0.665.